The van der Waals surface area contributed by atoms with Gasteiger partial charge in [0.2, 0.25) is 5.91 Å². The molecule has 7 heteroatoms. The van der Waals surface area contributed by atoms with Gasteiger partial charge in [-0.15, -0.1) is 11.3 Å². The van der Waals surface area contributed by atoms with Crippen molar-refractivity contribution in [1.29, 1.82) is 0 Å². The van der Waals surface area contributed by atoms with E-state index in [1.165, 1.54) is 29.4 Å². The van der Waals surface area contributed by atoms with Crippen molar-refractivity contribution in [2.24, 2.45) is 5.92 Å². The van der Waals surface area contributed by atoms with Gasteiger partial charge < -0.3 is 19.5 Å². The van der Waals surface area contributed by atoms with Crippen LogP contribution in [0, 0.1) is 5.92 Å². The topological polar surface area (TPSA) is 73.9 Å². The fourth-order valence-corrected chi connectivity index (χ4v) is 5.04. The zero-order valence-electron chi connectivity index (χ0n) is 17.7. The normalized spacial score (nSPS) is 15.5. The highest BCUT2D eigenvalue weighted by Gasteiger charge is 2.29. The molecule has 0 fully saturated rings. The van der Waals surface area contributed by atoms with Crippen LogP contribution >= 0.6 is 11.3 Å². The third kappa shape index (κ3) is 4.67. The second-order valence-corrected chi connectivity index (χ2v) is 8.26. The van der Waals surface area contributed by atoms with Crippen molar-refractivity contribution in [3.05, 3.63) is 45.8 Å². The monoisotopic (exact) mass is 429 g/mol. The Morgan fingerprint density at radius 3 is 2.63 bits per heavy atom. The summed E-state index contributed by atoms with van der Waals surface area (Å²) in [7, 11) is 4.50. The maximum Gasteiger partial charge on any atom is 0.341 e. The Kier molecular flexibility index (Phi) is 7.15. The van der Waals surface area contributed by atoms with E-state index in [0.717, 1.165) is 36.8 Å². The van der Waals surface area contributed by atoms with Gasteiger partial charge in [-0.3, -0.25) is 4.79 Å². The number of rotatable bonds is 7. The first-order valence-corrected chi connectivity index (χ1v) is 10.8. The number of methoxy groups -OCH3 is 3. The van der Waals surface area contributed by atoms with Crippen LogP contribution in [0.2, 0.25) is 0 Å². The molecule has 1 heterocycles. The molecule has 2 aromatic rings. The number of hydrogen-bond acceptors (Lipinski definition) is 6. The maximum atomic E-state index is 12.6. The predicted octanol–water partition coefficient (Wildman–Crippen LogP) is 4.72. The number of fused-ring (bicyclic) bond motifs is 1. The van der Waals surface area contributed by atoms with Gasteiger partial charge in [0, 0.05) is 11.0 Å². The Morgan fingerprint density at radius 1 is 1.20 bits per heavy atom. The third-order valence-corrected chi connectivity index (χ3v) is 6.58. The summed E-state index contributed by atoms with van der Waals surface area (Å²) in [5, 5.41) is 3.43. The number of amides is 1. The molecule has 0 bridgehead atoms. The second-order valence-electron chi connectivity index (χ2n) is 7.15. The Balaban J connectivity index is 1.80. The highest BCUT2D eigenvalue weighted by atomic mass is 32.1. The average molecular weight is 430 g/mol. The van der Waals surface area contributed by atoms with Crippen LogP contribution in [-0.4, -0.2) is 33.2 Å². The molecule has 3 rings (SSSR count). The van der Waals surface area contributed by atoms with Crippen LogP contribution in [0.15, 0.2) is 24.3 Å². The molecule has 1 aliphatic rings. The fraction of sp³-hybridized carbons (Fsp3) is 0.391. The number of nitrogens with one attached hydrogen (secondary N) is 1. The maximum absolute atomic E-state index is 12.6. The lowest BCUT2D eigenvalue weighted by Crippen LogP contribution is -2.15. The first-order valence-electron chi connectivity index (χ1n) is 9.94. The zero-order chi connectivity index (χ0) is 21.7. The summed E-state index contributed by atoms with van der Waals surface area (Å²) >= 11 is 1.48. The molecule has 0 radical (unpaired) electrons. The van der Waals surface area contributed by atoms with Gasteiger partial charge in [0.05, 0.1) is 26.9 Å². The number of thiophene rings is 1. The van der Waals surface area contributed by atoms with Gasteiger partial charge in [0.15, 0.2) is 11.5 Å². The molecule has 0 saturated carbocycles. The molecule has 1 aromatic carbocycles. The highest BCUT2D eigenvalue weighted by Crippen LogP contribution is 2.40. The number of anilines is 1. The summed E-state index contributed by atoms with van der Waals surface area (Å²) in [6.45, 7) is 2.19. The first kappa shape index (κ1) is 21.9. The van der Waals surface area contributed by atoms with Crippen LogP contribution in [0.5, 0.6) is 11.5 Å². The van der Waals surface area contributed by atoms with E-state index in [1.807, 2.05) is 6.07 Å². The van der Waals surface area contributed by atoms with Crippen LogP contribution < -0.4 is 14.8 Å². The molecule has 0 unspecified atom stereocenters. The molecule has 1 atom stereocenters. The summed E-state index contributed by atoms with van der Waals surface area (Å²) in [5.74, 6) is 1.12. The standard InChI is InChI=1S/C23H27NO5S/c1-5-14-6-9-16-19(13-14)30-22(21(16)23(26)29-4)24-20(25)11-8-15-7-10-17(27-2)18(12-15)28-3/h7-8,10-12,14H,5-6,9,13H2,1-4H3,(H,24,25)/b11-8+/t14-/m0/s1. The molecular weight excluding hydrogens is 402 g/mol. The summed E-state index contributed by atoms with van der Waals surface area (Å²) in [6, 6.07) is 5.40. The van der Waals surface area contributed by atoms with Gasteiger partial charge in [-0.05, 0) is 54.5 Å². The Hall–Kier alpha value is -2.80. The Morgan fingerprint density at radius 2 is 1.97 bits per heavy atom. The van der Waals surface area contributed by atoms with Crippen LogP contribution in [-0.2, 0) is 22.4 Å². The summed E-state index contributed by atoms with van der Waals surface area (Å²) in [4.78, 5) is 26.1. The van der Waals surface area contributed by atoms with Crippen molar-refractivity contribution >= 4 is 34.3 Å². The predicted molar refractivity (Wildman–Crippen MR) is 119 cm³/mol. The lowest BCUT2D eigenvalue weighted by molar-refractivity contribution is -0.111. The molecular formula is C23H27NO5S. The molecule has 0 spiro atoms. The number of hydrogen-bond donors (Lipinski definition) is 1. The summed E-state index contributed by atoms with van der Waals surface area (Å²) in [6.07, 6.45) is 7.08. The van der Waals surface area contributed by atoms with Gasteiger partial charge in [0.1, 0.15) is 5.00 Å². The van der Waals surface area contributed by atoms with E-state index in [0.29, 0.717) is 28.0 Å². The smallest absolute Gasteiger partial charge is 0.341 e. The van der Waals surface area contributed by atoms with E-state index in [9.17, 15) is 9.59 Å². The van der Waals surface area contributed by atoms with E-state index >= 15 is 0 Å². The third-order valence-electron chi connectivity index (χ3n) is 5.41. The van der Waals surface area contributed by atoms with E-state index in [1.54, 1.807) is 32.4 Å². The van der Waals surface area contributed by atoms with E-state index < -0.39 is 5.97 Å². The number of carbonyl (C=O) groups excluding carboxylic acids is 2. The van der Waals surface area contributed by atoms with Crippen LogP contribution in [0.1, 0.15) is 46.1 Å². The van der Waals surface area contributed by atoms with Crippen LogP contribution in [0.3, 0.4) is 0 Å². The molecule has 6 nitrogen and oxygen atoms in total. The van der Waals surface area contributed by atoms with Crippen molar-refractivity contribution in [2.45, 2.75) is 32.6 Å². The van der Waals surface area contributed by atoms with Crippen LogP contribution in [0.25, 0.3) is 6.08 Å². The summed E-state index contributed by atoms with van der Waals surface area (Å²) in [5.41, 5.74) is 2.32. The van der Waals surface area contributed by atoms with Crippen molar-refractivity contribution in [3.8, 4) is 11.5 Å². The van der Waals surface area contributed by atoms with Gasteiger partial charge in [-0.2, -0.15) is 0 Å². The van der Waals surface area contributed by atoms with Gasteiger partial charge in [0.25, 0.3) is 0 Å². The molecule has 1 amide bonds. The SMILES string of the molecule is CC[C@H]1CCc2c(sc(NC(=O)/C=C/c3ccc(OC)c(OC)c3)c2C(=O)OC)C1. The highest BCUT2D eigenvalue weighted by molar-refractivity contribution is 7.17. The number of carbonyl (C=O) groups is 2. The zero-order valence-corrected chi connectivity index (χ0v) is 18.6. The quantitative estimate of drug-likeness (QED) is 0.509. The molecule has 0 saturated heterocycles. The number of benzene rings is 1. The number of ether oxygens (including phenoxy) is 3. The van der Waals surface area contributed by atoms with Crippen molar-refractivity contribution < 1.29 is 23.8 Å². The Bertz CT molecular complexity index is 963. The minimum atomic E-state index is -0.401. The van der Waals surface area contributed by atoms with E-state index in [4.69, 9.17) is 14.2 Å². The molecule has 1 aromatic heterocycles. The lowest BCUT2D eigenvalue weighted by atomic mass is 9.86. The van der Waals surface area contributed by atoms with Gasteiger partial charge >= 0.3 is 5.97 Å². The van der Waals surface area contributed by atoms with Gasteiger partial charge in [-0.25, -0.2) is 4.79 Å². The first-order chi connectivity index (χ1) is 14.5. The van der Waals surface area contributed by atoms with E-state index in [-0.39, 0.29) is 5.91 Å². The molecule has 0 aliphatic heterocycles. The molecule has 30 heavy (non-hydrogen) atoms. The fourth-order valence-electron chi connectivity index (χ4n) is 3.69. The minimum Gasteiger partial charge on any atom is -0.493 e. The lowest BCUT2D eigenvalue weighted by Gasteiger charge is -2.20. The molecule has 1 aliphatic carbocycles. The van der Waals surface area contributed by atoms with Crippen molar-refractivity contribution in [2.75, 3.05) is 26.6 Å². The average Bonchev–Trinajstić information content (AvgIpc) is 3.13. The van der Waals surface area contributed by atoms with Crippen molar-refractivity contribution in [1.82, 2.24) is 0 Å². The van der Waals surface area contributed by atoms with Gasteiger partial charge in [-0.1, -0.05) is 19.4 Å². The second kappa shape index (κ2) is 9.80. The largest absolute Gasteiger partial charge is 0.493 e. The Labute approximate surface area is 180 Å². The number of esters is 1. The summed E-state index contributed by atoms with van der Waals surface area (Å²) < 4.78 is 15.5. The minimum absolute atomic E-state index is 0.305. The van der Waals surface area contributed by atoms with E-state index in [2.05, 4.69) is 12.2 Å². The van der Waals surface area contributed by atoms with Crippen LogP contribution in [0.4, 0.5) is 5.00 Å². The van der Waals surface area contributed by atoms with Crippen molar-refractivity contribution in [3.63, 3.8) is 0 Å². The molecule has 160 valence electrons. The molecule has 1 N–H and O–H groups in total.